The van der Waals surface area contributed by atoms with Gasteiger partial charge >= 0.3 is 5.97 Å². The Kier molecular flexibility index (Phi) is 7.38. The van der Waals surface area contributed by atoms with Gasteiger partial charge in [0.2, 0.25) is 5.95 Å². The van der Waals surface area contributed by atoms with Gasteiger partial charge in [0.15, 0.2) is 23.8 Å². The van der Waals surface area contributed by atoms with Crippen LogP contribution >= 0.6 is 0 Å². The van der Waals surface area contributed by atoms with E-state index in [4.69, 9.17) is 15.6 Å². The number of carbonyl (C=O) groups excluding carboxylic acids is 1. The first-order valence-electron chi connectivity index (χ1n) is 11.2. The van der Waals surface area contributed by atoms with Crippen molar-refractivity contribution in [3.63, 3.8) is 0 Å². The molecule has 0 aliphatic carbocycles. The maximum Gasteiger partial charge on any atom is 0.303 e. The molecule has 7 N–H and O–H groups in total. The Morgan fingerprint density at radius 1 is 1.22 bits per heavy atom. The number of carboxylic acid groups (broad SMARTS) is 1. The molecule has 0 saturated carbocycles. The Bertz CT molecular complexity index is 1280. The first-order valence-corrected chi connectivity index (χ1v) is 11.2. The number of nitrogen functional groups attached to an aromatic ring is 1. The number of carbonyl (C=O) groups is 2. The van der Waals surface area contributed by atoms with E-state index in [-0.39, 0.29) is 29.4 Å². The third kappa shape index (κ3) is 5.25. The number of aryl methyl sites for hydroxylation is 1. The number of anilines is 2. The Morgan fingerprint density at radius 3 is 2.67 bits per heavy atom. The zero-order valence-electron chi connectivity index (χ0n) is 19.3. The summed E-state index contributed by atoms with van der Waals surface area (Å²) in [7, 11) is 0. The van der Waals surface area contributed by atoms with Gasteiger partial charge < -0.3 is 31.1 Å². The minimum Gasteiger partial charge on any atom is -0.481 e. The van der Waals surface area contributed by atoms with E-state index in [1.165, 1.54) is 17.1 Å². The average molecular weight is 499 g/mol. The monoisotopic (exact) mass is 498 g/mol. The number of imidazole rings is 1. The minimum atomic E-state index is -1.45. The summed E-state index contributed by atoms with van der Waals surface area (Å²) in [5, 5.41) is 36.3. The van der Waals surface area contributed by atoms with E-state index in [1.807, 2.05) is 12.1 Å². The number of amides is 1. The third-order valence-electron chi connectivity index (χ3n) is 5.56. The first-order chi connectivity index (χ1) is 17.3. The first kappa shape index (κ1) is 25.0. The van der Waals surface area contributed by atoms with E-state index < -0.39 is 36.4 Å². The van der Waals surface area contributed by atoms with Gasteiger partial charge in [0.05, 0.1) is 12.5 Å². The van der Waals surface area contributed by atoms with Crippen LogP contribution in [0.25, 0.3) is 11.2 Å². The van der Waals surface area contributed by atoms with Crippen molar-refractivity contribution in [1.82, 2.24) is 24.8 Å². The van der Waals surface area contributed by atoms with Crippen LogP contribution in [0.5, 0.6) is 0 Å². The zero-order valence-corrected chi connectivity index (χ0v) is 19.3. The van der Waals surface area contributed by atoms with Crippen molar-refractivity contribution in [3.05, 3.63) is 41.7 Å². The highest BCUT2D eigenvalue weighted by atomic mass is 16.6. The Morgan fingerprint density at radius 2 is 1.97 bits per heavy atom. The van der Waals surface area contributed by atoms with Crippen LogP contribution in [0.1, 0.15) is 30.7 Å². The third-order valence-corrected chi connectivity index (χ3v) is 5.56. The molecule has 1 aliphatic rings. The van der Waals surface area contributed by atoms with E-state index in [1.54, 1.807) is 19.1 Å². The Hall–Kier alpha value is -4.14. The molecule has 4 atom stereocenters. The molecule has 3 heterocycles. The molecular weight excluding hydrogens is 472 g/mol. The Labute approximate surface area is 204 Å². The number of nitrogens with zero attached hydrogens (tertiary/aromatic N) is 5. The lowest BCUT2D eigenvalue weighted by atomic mass is 10.1. The number of hydrogen-bond donors (Lipinski definition) is 6. The topological polar surface area (TPSA) is 210 Å². The zero-order chi connectivity index (χ0) is 25.8. The summed E-state index contributed by atoms with van der Waals surface area (Å²) in [6, 6.07) is 7.23. The molecule has 190 valence electrons. The summed E-state index contributed by atoms with van der Waals surface area (Å²) in [5.41, 5.74) is 10.8. The van der Waals surface area contributed by atoms with Gasteiger partial charge in [0.25, 0.3) is 5.91 Å². The quantitative estimate of drug-likeness (QED) is 0.165. The van der Waals surface area contributed by atoms with Crippen molar-refractivity contribution in [2.45, 2.75) is 44.3 Å². The maximum atomic E-state index is 12.2. The molecule has 0 bridgehead atoms. The summed E-state index contributed by atoms with van der Waals surface area (Å²) in [4.78, 5) is 35.5. The van der Waals surface area contributed by atoms with Crippen molar-refractivity contribution in [2.24, 2.45) is 5.10 Å². The highest BCUT2D eigenvalue weighted by molar-refractivity contribution is 5.84. The number of aliphatic carboxylic acids is 1. The number of rotatable bonds is 9. The highest BCUT2D eigenvalue weighted by Gasteiger charge is 2.47. The number of likely N-dealkylation sites (N-methyl/N-ethyl adjacent to an activating group) is 1. The van der Waals surface area contributed by atoms with Crippen LogP contribution in [0.15, 0.2) is 35.7 Å². The van der Waals surface area contributed by atoms with Gasteiger partial charge in [-0.25, -0.2) is 10.4 Å². The van der Waals surface area contributed by atoms with E-state index in [0.29, 0.717) is 13.0 Å². The second-order valence-electron chi connectivity index (χ2n) is 8.08. The van der Waals surface area contributed by atoms with E-state index >= 15 is 0 Å². The van der Waals surface area contributed by atoms with Gasteiger partial charge in [-0.2, -0.15) is 15.1 Å². The molecule has 0 radical (unpaired) electrons. The summed E-state index contributed by atoms with van der Waals surface area (Å²) in [6.45, 7) is 2.07. The fourth-order valence-electron chi connectivity index (χ4n) is 3.74. The number of nitrogens with two attached hydrogens (primary N) is 1. The molecule has 1 aromatic carbocycles. The molecule has 4 rings (SSSR count). The van der Waals surface area contributed by atoms with Gasteiger partial charge in [-0.1, -0.05) is 24.3 Å². The van der Waals surface area contributed by atoms with Crippen molar-refractivity contribution < 1.29 is 29.6 Å². The summed E-state index contributed by atoms with van der Waals surface area (Å²) in [6.07, 6.45) is -1.92. The van der Waals surface area contributed by atoms with Crippen LogP contribution < -0.4 is 16.5 Å². The van der Waals surface area contributed by atoms with Crippen LogP contribution in [0.2, 0.25) is 0 Å². The largest absolute Gasteiger partial charge is 0.481 e. The number of nitrogens with one attached hydrogen (secondary N) is 2. The molecule has 0 spiro atoms. The van der Waals surface area contributed by atoms with Crippen LogP contribution in [-0.2, 0) is 20.7 Å². The predicted molar refractivity (Wildman–Crippen MR) is 128 cm³/mol. The van der Waals surface area contributed by atoms with Gasteiger partial charge in [-0.3, -0.25) is 14.2 Å². The van der Waals surface area contributed by atoms with Gasteiger partial charge in [0, 0.05) is 13.0 Å². The molecule has 2 aromatic heterocycles. The highest BCUT2D eigenvalue weighted by Crippen LogP contribution is 2.32. The maximum absolute atomic E-state index is 12.2. The number of aliphatic hydroxyl groups is 2. The molecule has 14 nitrogen and oxygen atoms in total. The number of hydrogen-bond acceptors (Lipinski definition) is 11. The second kappa shape index (κ2) is 10.6. The SMILES string of the molecule is CCNC(=O)[C@H]1O[C@@H](n2cnc3c(N)nc(N/N=C/c4ccc(CCC(=O)O)cc4)nc32)[C@H](O)[C@@H]1O. The van der Waals surface area contributed by atoms with Crippen molar-refractivity contribution in [3.8, 4) is 0 Å². The number of ether oxygens (including phenoxy) is 1. The fourth-order valence-corrected chi connectivity index (χ4v) is 3.74. The number of benzene rings is 1. The Balaban J connectivity index is 1.50. The lowest BCUT2D eigenvalue weighted by Crippen LogP contribution is -2.42. The molecule has 3 aromatic rings. The summed E-state index contributed by atoms with van der Waals surface area (Å²) in [5.74, 6) is -1.30. The smallest absolute Gasteiger partial charge is 0.303 e. The van der Waals surface area contributed by atoms with Crippen LogP contribution in [0.4, 0.5) is 11.8 Å². The number of fused-ring (bicyclic) bond motifs is 1. The lowest BCUT2D eigenvalue weighted by molar-refractivity contribution is -0.138. The molecule has 0 unspecified atom stereocenters. The van der Waals surface area contributed by atoms with E-state index in [9.17, 15) is 19.8 Å². The van der Waals surface area contributed by atoms with E-state index in [0.717, 1.165) is 11.1 Å². The second-order valence-corrected chi connectivity index (χ2v) is 8.08. The average Bonchev–Trinajstić information content (AvgIpc) is 3.40. The minimum absolute atomic E-state index is 0.0457. The number of aliphatic hydroxyl groups excluding tert-OH is 2. The lowest BCUT2D eigenvalue weighted by Gasteiger charge is -2.16. The summed E-state index contributed by atoms with van der Waals surface area (Å²) < 4.78 is 7.00. The van der Waals surface area contributed by atoms with Crippen LogP contribution in [-0.4, -0.2) is 77.8 Å². The molecule has 1 saturated heterocycles. The van der Waals surface area contributed by atoms with Gasteiger partial charge in [0.1, 0.15) is 17.7 Å². The summed E-state index contributed by atoms with van der Waals surface area (Å²) >= 11 is 0. The predicted octanol–water partition coefficient (Wildman–Crippen LogP) is -0.373. The normalized spacial score (nSPS) is 21.8. The van der Waals surface area contributed by atoms with Gasteiger partial charge in [-0.05, 0) is 24.5 Å². The standard InChI is InChI=1S/C22H26N8O6/c1-2-24-20(35)17-15(33)16(34)21(36-17)30-10-25-14-18(23)27-22(28-19(14)30)29-26-9-12-5-3-11(4-6-12)7-8-13(31)32/h3-6,9-10,15-17,21,33-34H,2,7-8H2,1H3,(H,24,35)(H,31,32)(H3,23,27,28,29)/b26-9+/t15-,16+,17-,21+/m0/s1. The molecular formula is C22H26N8O6. The molecule has 14 heteroatoms. The van der Waals surface area contributed by atoms with E-state index in [2.05, 4.69) is 30.8 Å². The fraction of sp³-hybridized carbons (Fsp3) is 0.364. The number of hydrazone groups is 1. The number of aromatic nitrogens is 4. The molecule has 1 fully saturated rings. The van der Waals surface area contributed by atoms with Crippen LogP contribution in [0, 0.1) is 0 Å². The van der Waals surface area contributed by atoms with Gasteiger partial charge in [-0.15, -0.1) is 0 Å². The van der Waals surface area contributed by atoms with Crippen LogP contribution in [0.3, 0.4) is 0 Å². The van der Waals surface area contributed by atoms with Crippen molar-refractivity contribution in [2.75, 3.05) is 17.7 Å². The van der Waals surface area contributed by atoms with Crippen molar-refractivity contribution in [1.29, 1.82) is 0 Å². The number of carboxylic acids is 1. The van der Waals surface area contributed by atoms with Crippen molar-refractivity contribution >= 4 is 41.0 Å². The molecule has 1 amide bonds. The molecule has 1 aliphatic heterocycles. The molecule has 36 heavy (non-hydrogen) atoms.